The molecule has 1 fully saturated rings. The standard InChI is InChI=1S/C5H9NOS2.C5H11NOS2.CH5N/c1-4(7)5(6)2-8-9-3-5;1-4(7)5(6,2-8)3-9;1-2/h2-3,6H2,1H3;8-9H,2-3,6H2,1H3;2H2,1H3. The Balaban J connectivity index is 0. The molecule has 0 saturated carbocycles. The van der Waals surface area contributed by atoms with Gasteiger partial charge in [0.2, 0.25) is 0 Å². The fourth-order valence-electron chi connectivity index (χ4n) is 0.811. The van der Waals surface area contributed by atoms with Crippen LogP contribution in [0.15, 0.2) is 0 Å². The minimum absolute atomic E-state index is 0.0625. The molecule has 1 saturated heterocycles. The molecule has 0 amide bonds. The highest BCUT2D eigenvalue weighted by molar-refractivity contribution is 8.77. The number of hydrogen-bond donors (Lipinski definition) is 5. The van der Waals surface area contributed by atoms with E-state index < -0.39 is 11.1 Å². The summed E-state index contributed by atoms with van der Waals surface area (Å²) in [6.07, 6.45) is 0. The summed E-state index contributed by atoms with van der Waals surface area (Å²) in [6, 6.07) is 0. The highest BCUT2D eigenvalue weighted by Crippen LogP contribution is 2.36. The molecule has 120 valence electrons. The van der Waals surface area contributed by atoms with E-state index in [-0.39, 0.29) is 11.6 Å². The molecule has 1 aliphatic rings. The van der Waals surface area contributed by atoms with Gasteiger partial charge in [0.15, 0.2) is 11.6 Å². The number of hydrogen-bond acceptors (Lipinski definition) is 9. The summed E-state index contributed by atoms with van der Waals surface area (Å²) in [5, 5.41) is 0. The number of nitrogens with two attached hydrogens (primary N) is 3. The fourth-order valence-corrected chi connectivity index (χ4v) is 4.75. The van der Waals surface area contributed by atoms with Crippen LogP contribution in [0.4, 0.5) is 0 Å². The number of Topliss-reactive ketones (excluding diaryl/α,β-unsaturated/α-hetero) is 2. The van der Waals surface area contributed by atoms with Gasteiger partial charge in [-0.05, 0) is 20.9 Å². The minimum atomic E-state index is -0.827. The Bertz CT molecular complexity index is 292. The van der Waals surface area contributed by atoms with Gasteiger partial charge in [-0.1, -0.05) is 21.6 Å². The highest BCUT2D eigenvalue weighted by atomic mass is 33.1. The summed E-state index contributed by atoms with van der Waals surface area (Å²) in [5.74, 6) is 2.30. The lowest BCUT2D eigenvalue weighted by molar-refractivity contribution is -0.121. The van der Waals surface area contributed by atoms with Crippen molar-refractivity contribution in [2.45, 2.75) is 24.9 Å². The molecule has 6 N–H and O–H groups in total. The Kier molecular flexibility index (Phi) is 12.8. The van der Waals surface area contributed by atoms with Crippen LogP contribution in [0.3, 0.4) is 0 Å². The summed E-state index contributed by atoms with van der Waals surface area (Å²) in [4.78, 5) is 21.5. The van der Waals surface area contributed by atoms with Crippen LogP contribution in [0.2, 0.25) is 0 Å². The SMILES string of the molecule is CC(=O)C(N)(CS)CS.CC(=O)C1(N)CSSC1.CN. The molecule has 1 rings (SSSR count). The first-order valence-electron chi connectivity index (χ1n) is 5.85. The zero-order valence-corrected chi connectivity index (χ0v) is 15.5. The Morgan fingerprint density at radius 1 is 1.15 bits per heavy atom. The molecule has 0 aliphatic carbocycles. The van der Waals surface area contributed by atoms with Crippen molar-refractivity contribution in [2.75, 3.05) is 30.1 Å². The topological polar surface area (TPSA) is 112 Å². The third-order valence-electron chi connectivity index (χ3n) is 2.68. The van der Waals surface area contributed by atoms with Gasteiger partial charge in [0.1, 0.15) is 0 Å². The molecule has 0 aromatic rings. The maximum atomic E-state index is 10.8. The van der Waals surface area contributed by atoms with Crippen LogP contribution in [-0.2, 0) is 9.59 Å². The lowest BCUT2D eigenvalue weighted by atomic mass is 10.0. The van der Waals surface area contributed by atoms with Crippen LogP contribution in [0.5, 0.6) is 0 Å². The van der Waals surface area contributed by atoms with Crippen LogP contribution >= 0.6 is 46.8 Å². The van der Waals surface area contributed by atoms with Gasteiger partial charge in [-0.3, -0.25) is 9.59 Å². The Hall–Kier alpha value is 0.620. The molecule has 1 heterocycles. The van der Waals surface area contributed by atoms with Crippen molar-refractivity contribution in [3.63, 3.8) is 0 Å². The van der Waals surface area contributed by atoms with E-state index in [1.54, 1.807) is 28.5 Å². The van der Waals surface area contributed by atoms with Crippen molar-refractivity contribution in [2.24, 2.45) is 17.2 Å². The quantitative estimate of drug-likeness (QED) is 0.364. The zero-order valence-electron chi connectivity index (χ0n) is 12.1. The second-order valence-electron chi connectivity index (χ2n) is 4.27. The third-order valence-corrected chi connectivity index (χ3v) is 6.45. The zero-order chi connectivity index (χ0) is 16.4. The van der Waals surface area contributed by atoms with Crippen molar-refractivity contribution in [3.8, 4) is 0 Å². The molecule has 0 spiro atoms. The fraction of sp³-hybridized carbons (Fsp3) is 0.818. The first-order chi connectivity index (χ1) is 9.22. The molecule has 0 bridgehead atoms. The van der Waals surface area contributed by atoms with Crippen LogP contribution in [0, 0.1) is 0 Å². The second kappa shape index (κ2) is 11.2. The van der Waals surface area contributed by atoms with E-state index in [4.69, 9.17) is 11.5 Å². The van der Waals surface area contributed by atoms with Gasteiger partial charge in [0, 0.05) is 23.0 Å². The van der Waals surface area contributed by atoms with Crippen molar-refractivity contribution < 1.29 is 9.59 Å². The molecule has 20 heavy (non-hydrogen) atoms. The largest absolute Gasteiger partial charge is 0.333 e. The molecular weight excluding hydrogens is 334 g/mol. The summed E-state index contributed by atoms with van der Waals surface area (Å²) in [7, 11) is 4.86. The van der Waals surface area contributed by atoms with E-state index in [0.717, 1.165) is 11.5 Å². The normalized spacial score (nSPS) is 16.4. The lowest BCUT2D eigenvalue weighted by Crippen LogP contribution is -2.50. The second-order valence-corrected chi connectivity index (χ2v) is 7.36. The summed E-state index contributed by atoms with van der Waals surface area (Å²) in [6.45, 7) is 3.01. The number of rotatable bonds is 4. The molecule has 9 heteroatoms. The molecule has 0 atom stereocenters. The van der Waals surface area contributed by atoms with Gasteiger partial charge in [0.05, 0.1) is 11.1 Å². The molecule has 0 aromatic heterocycles. The Labute approximate surface area is 140 Å². The van der Waals surface area contributed by atoms with E-state index >= 15 is 0 Å². The predicted molar refractivity (Wildman–Crippen MR) is 97.9 cm³/mol. The van der Waals surface area contributed by atoms with E-state index in [0.29, 0.717) is 11.5 Å². The highest BCUT2D eigenvalue weighted by Gasteiger charge is 2.35. The first kappa shape index (κ1) is 22.9. The molecule has 5 nitrogen and oxygen atoms in total. The third kappa shape index (κ3) is 7.58. The van der Waals surface area contributed by atoms with Crippen LogP contribution in [0.25, 0.3) is 0 Å². The first-order valence-corrected chi connectivity index (χ1v) is 9.61. The number of ketones is 2. The van der Waals surface area contributed by atoms with Crippen LogP contribution in [0.1, 0.15) is 13.8 Å². The van der Waals surface area contributed by atoms with Crippen LogP contribution in [-0.4, -0.2) is 52.7 Å². The summed E-state index contributed by atoms with van der Waals surface area (Å²) >= 11 is 7.85. The molecular formula is C11H25N3O2S4. The van der Waals surface area contributed by atoms with E-state index in [9.17, 15) is 9.59 Å². The average Bonchev–Trinajstić information content (AvgIpc) is 2.89. The van der Waals surface area contributed by atoms with E-state index in [1.165, 1.54) is 14.0 Å². The van der Waals surface area contributed by atoms with Gasteiger partial charge < -0.3 is 17.2 Å². The van der Waals surface area contributed by atoms with Crippen molar-refractivity contribution in [1.82, 2.24) is 0 Å². The average molecular weight is 360 g/mol. The lowest BCUT2D eigenvalue weighted by Gasteiger charge is -2.20. The summed E-state index contributed by atoms with van der Waals surface area (Å²) in [5.41, 5.74) is 14.4. The van der Waals surface area contributed by atoms with E-state index in [1.807, 2.05) is 0 Å². The van der Waals surface area contributed by atoms with E-state index in [2.05, 4.69) is 31.0 Å². The van der Waals surface area contributed by atoms with Crippen LogP contribution < -0.4 is 17.2 Å². The van der Waals surface area contributed by atoms with Crippen molar-refractivity contribution in [1.29, 1.82) is 0 Å². The Morgan fingerprint density at radius 2 is 1.50 bits per heavy atom. The monoisotopic (exact) mass is 359 g/mol. The number of carbonyl (C=O) groups excluding carboxylic acids is 2. The van der Waals surface area contributed by atoms with Gasteiger partial charge in [-0.2, -0.15) is 25.3 Å². The predicted octanol–water partition coefficient (Wildman–Crippen LogP) is 0.375. The number of carbonyl (C=O) groups is 2. The molecule has 1 aliphatic heterocycles. The summed E-state index contributed by atoms with van der Waals surface area (Å²) < 4.78 is 0. The van der Waals surface area contributed by atoms with Crippen molar-refractivity contribution >= 4 is 58.4 Å². The smallest absolute Gasteiger partial charge is 0.151 e. The minimum Gasteiger partial charge on any atom is -0.333 e. The van der Waals surface area contributed by atoms with Crippen molar-refractivity contribution in [3.05, 3.63) is 0 Å². The Morgan fingerprint density at radius 3 is 1.60 bits per heavy atom. The van der Waals surface area contributed by atoms with Gasteiger partial charge >= 0.3 is 0 Å². The maximum absolute atomic E-state index is 10.8. The molecule has 0 radical (unpaired) electrons. The molecule has 0 aromatic carbocycles. The van der Waals surface area contributed by atoms with Gasteiger partial charge in [-0.15, -0.1) is 0 Å². The number of thiol groups is 2. The van der Waals surface area contributed by atoms with Gasteiger partial charge in [-0.25, -0.2) is 0 Å². The molecule has 0 unspecified atom stereocenters. The maximum Gasteiger partial charge on any atom is 0.151 e. The van der Waals surface area contributed by atoms with Gasteiger partial charge in [0.25, 0.3) is 0 Å².